The van der Waals surface area contributed by atoms with Crippen molar-refractivity contribution in [3.8, 4) is 5.82 Å². The minimum Gasteiger partial charge on any atom is -0.395 e. The van der Waals surface area contributed by atoms with Gasteiger partial charge in [-0.15, -0.1) is 0 Å². The summed E-state index contributed by atoms with van der Waals surface area (Å²) in [6.45, 7) is 0.132. The number of aromatic nitrogens is 4. The molecule has 0 unspecified atom stereocenters. The van der Waals surface area contributed by atoms with Crippen LogP contribution in [-0.4, -0.2) is 43.9 Å². The van der Waals surface area contributed by atoms with Gasteiger partial charge in [0.25, 0.3) is 5.91 Å². The van der Waals surface area contributed by atoms with Gasteiger partial charge in [0.1, 0.15) is 12.7 Å². The van der Waals surface area contributed by atoms with Crippen LogP contribution >= 0.6 is 0 Å². The molecule has 0 spiro atoms. The number of amides is 1. The minimum atomic E-state index is -0.261. The van der Waals surface area contributed by atoms with E-state index in [0.717, 1.165) is 0 Å². The molecule has 1 amide bonds. The second kappa shape index (κ2) is 5.17. The smallest absolute Gasteiger partial charge is 0.251 e. The number of aliphatic hydroxyl groups excluding tert-OH is 1. The summed E-state index contributed by atoms with van der Waals surface area (Å²) in [7, 11) is 0. The molecule has 2 rings (SSSR count). The average Bonchev–Trinajstić information content (AvgIpc) is 2.90. The summed E-state index contributed by atoms with van der Waals surface area (Å²) >= 11 is 0. The van der Waals surface area contributed by atoms with Crippen LogP contribution in [0.3, 0.4) is 0 Å². The highest BCUT2D eigenvalue weighted by molar-refractivity contribution is 5.94. The van der Waals surface area contributed by atoms with E-state index in [1.54, 1.807) is 12.1 Å². The predicted octanol–water partition coefficient (Wildman–Crippen LogP) is -0.616. The van der Waals surface area contributed by atoms with Crippen LogP contribution in [-0.2, 0) is 0 Å². The molecule has 0 bridgehead atoms. The Morgan fingerprint density at radius 1 is 1.53 bits per heavy atom. The molecule has 7 heteroatoms. The largest absolute Gasteiger partial charge is 0.395 e. The molecule has 2 aromatic heterocycles. The SMILES string of the molecule is O=C(NCCO)c1ccnc(-n2cncn2)c1. The van der Waals surface area contributed by atoms with Crippen molar-refractivity contribution in [2.75, 3.05) is 13.2 Å². The molecule has 88 valence electrons. The summed E-state index contributed by atoms with van der Waals surface area (Å²) in [6, 6.07) is 3.19. The molecule has 0 aliphatic heterocycles. The Bertz CT molecular complexity index is 497. The Labute approximate surface area is 97.1 Å². The Balaban J connectivity index is 2.20. The van der Waals surface area contributed by atoms with E-state index in [4.69, 9.17) is 5.11 Å². The molecule has 0 fully saturated rings. The van der Waals surface area contributed by atoms with Crippen LogP contribution < -0.4 is 5.32 Å². The van der Waals surface area contributed by atoms with E-state index < -0.39 is 0 Å². The van der Waals surface area contributed by atoms with Gasteiger partial charge in [0.2, 0.25) is 0 Å². The lowest BCUT2D eigenvalue weighted by molar-refractivity contribution is 0.0944. The number of hydrogen-bond acceptors (Lipinski definition) is 5. The highest BCUT2D eigenvalue weighted by Crippen LogP contribution is 2.05. The van der Waals surface area contributed by atoms with Crippen molar-refractivity contribution in [3.63, 3.8) is 0 Å². The number of carbonyl (C=O) groups excluding carboxylic acids is 1. The number of pyridine rings is 1. The van der Waals surface area contributed by atoms with Gasteiger partial charge in [-0.25, -0.2) is 14.6 Å². The van der Waals surface area contributed by atoms with Crippen molar-refractivity contribution in [1.82, 2.24) is 25.1 Å². The van der Waals surface area contributed by atoms with Crippen molar-refractivity contribution in [3.05, 3.63) is 36.5 Å². The number of carbonyl (C=O) groups is 1. The third-order valence-corrected chi connectivity index (χ3v) is 2.06. The molecule has 7 nitrogen and oxygen atoms in total. The predicted molar refractivity (Wildman–Crippen MR) is 58.6 cm³/mol. The van der Waals surface area contributed by atoms with Crippen molar-refractivity contribution in [1.29, 1.82) is 0 Å². The van der Waals surface area contributed by atoms with Crippen LogP contribution in [0.1, 0.15) is 10.4 Å². The van der Waals surface area contributed by atoms with E-state index in [9.17, 15) is 4.79 Å². The maximum absolute atomic E-state index is 11.6. The van der Waals surface area contributed by atoms with Crippen LogP contribution in [0.25, 0.3) is 5.82 Å². The van der Waals surface area contributed by atoms with E-state index in [1.807, 2.05) is 0 Å². The van der Waals surface area contributed by atoms with Crippen LogP contribution in [0.15, 0.2) is 31.0 Å². The van der Waals surface area contributed by atoms with E-state index >= 15 is 0 Å². The molecule has 2 aromatic rings. The third-order valence-electron chi connectivity index (χ3n) is 2.06. The lowest BCUT2D eigenvalue weighted by atomic mass is 10.2. The molecule has 0 aromatic carbocycles. The molecular weight excluding hydrogens is 222 g/mol. The average molecular weight is 233 g/mol. The Kier molecular flexibility index (Phi) is 3.41. The topological polar surface area (TPSA) is 92.9 Å². The Hall–Kier alpha value is -2.28. The van der Waals surface area contributed by atoms with Crippen molar-refractivity contribution < 1.29 is 9.90 Å². The first-order valence-electron chi connectivity index (χ1n) is 5.01. The van der Waals surface area contributed by atoms with Crippen LogP contribution in [0, 0.1) is 0 Å². The second-order valence-corrected chi connectivity index (χ2v) is 3.22. The molecule has 2 heterocycles. The maximum atomic E-state index is 11.6. The number of nitrogens with zero attached hydrogens (tertiary/aromatic N) is 4. The molecule has 0 aliphatic rings. The van der Waals surface area contributed by atoms with Crippen LogP contribution in [0.2, 0.25) is 0 Å². The van der Waals surface area contributed by atoms with Crippen molar-refractivity contribution in [2.45, 2.75) is 0 Å². The van der Waals surface area contributed by atoms with E-state index in [0.29, 0.717) is 11.4 Å². The zero-order valence-corrected chi connectivity index (χ0v) is 8.95. The first kappa shape index (κ1) is 11.2. The first-order chi connectivity index (χ1) is 8.31. The van der Waals surface area contributed by atoms with Crippen LogP contribution in [0.4, 0.5) is 0 Å². The third kappa shape index (κ3) is 2.64. The highest BCUT2D eigenvalue weighted by Gasteiger charge is 2.07. The summed E-state index contributed by atoms with van der Waals surface area (Å²) in [4.78, 5) is 19.5. The monoisotopic (exact) mass is 233 g/mol. The molecular formula is C10H11N5O2. The standard InChI is InChI=1S/C10H11N5O2/c16-4-3-13-10(17)8-1-2-12-9(5-8)15-7-11-6-14-15/h1-2,5-7,16H,3-4H2,(H,13,17). The van der Waals surface area contributed by atoms with Crippen LogP contribution in [0.5, 0.6) is 0 Å². The molecule has 0 saturated carbocycles. The van der Waals surface area contributed by atoms with Gasteiger partial charge in [-0.3, -0.25) is 4.79 Å². The number of aliphatic hydroxyl groups is 1. The molecule has 2 N–H and O–H groups in total. The molecule has 0 radical (unpaired) electrons. The number of hydrogen-bond donors (Lipinski definition) is 2. The fourth-order valence-corrected chi connectivity index (χ4v) is 1.28. The highest BCUT2D eigenvalue weighted by atomic mass is 16.3. The van der Waals surface area contributed by atoms with Gasteiger partial charge in [0, 0.05) is 18.3 Å². The van der Waals surface area contributed by atoms with Gasteiger partial charge in [-0.05, 0) is 12.1 Å². The van der Waals surface area contributed by atoms with Crippen molar-refractivity contribution >= 4 is 5.91 Å². The lowest BCUT2D eigenvalue weighted by Gasteiger charge is -2.04. The molecule has 0 saturated heterocycles. The fraction of sp³-hybridized carbons (Fsp3) is 0.200. The number of rotatable bonds is 4. The normalized spacial score (nSPS) is 10.2. The van der Waals surface area contributed by atoms with E-state index in [1.165, 1.54) is 23.5 Å². The van der Waals surface area contributed by atoms with Gasteiger partial charge in [0.15, 0.2) is 5.82 Å². The molecule has 17 heavy (non-hydrogen) atoms. The zero-order valence-electron chi connectivity index (χ0n) is 8.95. The Morgan fingerprint density at radius 3 is 3.12 bits per heavy atom. The lowest BCUT2D eigenvalue weighted by Crippen LogP contribution is -2.26. The summed E-state index contributed by atoms with van der Waals surface area (Å²) in [5, 5.41) is 15.1. The van der Waals surface area contributed by atoms with E-state index in [2.05, 4.69) is 20.4 Å². The molecule has 0 aliphatic carbocycles. The maximum Gasteiger partial charge on any atom is 0.251 e. The zero-order chi connectivity index (χ0) is 12.1. The minimum absolute atomic E-state index is 0.0905. The van der Waals surface area contributed by atoms with Crippen molar-refractivity contribution in [2.24, 2.45) is 0 Å². The summed E-state index contributed by atoms with van der Waals surface area (Å²) in [5.74, 6) is 0.252. The van der Waals surface area contributed by atoms with Gasteiger partial charge >= 0.3 is 0 Å². The van der Waals surface area contributed by atoms with Gasteiger partial charge in [-0.2, -0.15) is 5.10 Å². The Morgan fingerprint density at radius 2 is 2.41 bits per heavy atom. The van der Waals surface area contributed by atoms with Gasteiger partial charge < -0.3 is 10.4 Å². The summed E-state index contributed by atoms with van der Waals surface area (Å²) < 4.78 is 1.46. The molecule has 0 atom stereocenters. The number of nitrogens with one attached hydrogen (secondary N) is 1. The fourth-order valence-electron chi connectivity index (χ4n) is 1.28. The van der Waals surface area contributed by atoms with E-state index in [-0.39, 0.29) is 19.1 Å². The second-order valence-electron chi connectivity index (χ2n) is 3.22. The summed E-state index contributed by atoms with van der Waals surface area (Å²) in [6.07, 6.45) is 4.41. The summed E-state index contributed by atoms with van der Waals surface area (Å²) in [5.41, 5.74) is 0.457. The van der Waals surface area contributed by atoms with Gasteiger partial charge in [-0.1, -0.05) is 0 Å². The first-order valence-corrected chi connectivity index (χ1v) is 5.01. The van der Waals surface area contributed by atoms with Gasteiger partial charge in [0.05, 0.1) is 6.61 Å². The quantitative estimate of drug-likeness (QED) is 0.734.